The molecule has 0 fully saturated rings. The van der Waals surface area contributed by atoms with Gasteiger partial charge in [-0.3, -0.25) is 0 Å². The maximum absolute atomic E-state index is 6.26. The van der Waals surface area contributed by atoms with Crippen molar-refractivity contribution in [2.24, 2.45) is 0 Å². The Kier molecular flexibility index (Phi) is 6.20. The molecule has 0 radical (unpaired) electrons. The minimum Gasteiger partial charge on any atom is -0.497 e. The zero-order chi connectivity index (χ0) is 20.3. The second-order valence-corrected chi connectivity index (χ2v) is 8.63. The maximum atomic E-state index is 6.26. The Morgan fingerprint density at radius 1 is 1.04 bits per heavy atom. The van der Waals surface area contributed by atoms with Gasteiger partial charge in [-0.1, -0.05) is 49.9 Å². The molecule has 1 heterocycles. The highest BCUT2D eigenvalue weighted by molar-refractivity contribution is 7.99. The predicted octanol–water partition coefficient (Wildman–Crippen LogP) is 5.47. The first kappa shape index (κ1) is 20.6. The Morgan fingerprint density at radius 2 is 1.75 bits per heavy atom. The summed E-state index contributed by atoms with van der Waals surface area (Å²) in [5.74, 6) is 1.65. The van der Waals surface area contributed by atoms with Gasteiger partial charge in [0.2, 0.25) is 0 Å². The number of nitrogens with zero attached hydrogens (tertiary/aromatic N) is 3. The van der Waals surface area contributed by atoms with E-state index >= 15 is 0 Å². The van der Waals surface area contributed by atoms with Crippen molar-refractivity contribution in [1.82, 2.24) is 15.0 Å². The van der Waals surface area contributed by atoms with Crippen LogP contribution in [0, 0.1) is 0 Å². The van der Waals surface area contributed by atoms with E-state index in [4.69, 9.17) is 21.1 Å². The number of halogens is 1. The molecule has 0 amide bonds. The summed E-state index contributed by atoms with van der Waals surface area (Å²) in [6, 6.07) is 14.0. The lowest BCUT2D eigenvalue weighted by molar-refractivity contribution is 0.400. The van der Waals surface area contributed by atoms with Gasteiger partial charge in [0.05, 0.1) is 25.8 Å². The van der Waals surface area contributed by atoms with E-state index in [1.165, 1.54) is 5.56 Å². The van der Waals surface area contributed by atoms with Crippen LogP contribution in [0.2, 0.25) is 0 Å². The van der Waals surface area contributed by atoms with Crippen molar-refractivity contribution in [3.8, 4) is 17.2 Å². The van der Waals surface area contributed by atoms with Gasteiger partial charge in [0.1, 0.15) is 22.2 Å². The van der Waals surface area contributed by atoms with E-state index in [9.17, 15) is 0 Å². The van der Waals surface area contributed by atoms with E-state index in [2.05, 4.69) is 55.3 Å². The summed E-state index contributed by atoms with van der Waals surface area (Å²) >= 11 is 7.81. The van der Waals surface area contributed by atoms with Crippen LogP contribution in [0.4, 0.5) is 0 Å². The average molecular weight is 418 g/mol. The van der Waals surface area contributed by atoms with Crippen LogP contribution in [-0.4, -0.2) is 29.2 Å². The summed E-state index contributed by atoms with van der Waals surface area (Å²) in [6.07, 6.45) is 0. The summed E-state index contributed by atoms with van der Waals surface area (Å²) in [5, 5.41) is 9.44. The zero-order valence-corrected chi connectivity index (χ0v) is 18.3. The number of ether oxygens (including phenoxy) is 2. The highest BCUT2D eigenvalue weighted by atomic mass is 35.5. The Morgan fingerprint density at radius 3 is 2.32 bits per heavy atom. The second-order valence-electron chi connectivity index (χ2n) is 7.30. The normalized spacial score (nSPS) is 11.5. The monoisotopic (exact) mass is 417 g/mol. The molecule has 0 saturated heterocycles. The third-order valence-electron chi connectivity index (χ3n) is 4.40. The number of aromatic nitrogens is 3. The Hall–Kier alpha value is -2.18. The van der Waals surface area contributed by atoms with Gasteiger partial charge in [-0.25, -0.2) is 4.68 Å². The van der Waals surface area contributed by atoms with E-state index in [0.717, 1.165) is 21.3 Å². The van der Waals surface area contributed by atoms with Crippen molar-refractivity contribution >= 4 is 23.4 Å². The van der Waals surface area contributed by atoms with Crippen LogP contribution in [-0.2, 0) is 11.3 Å². The van der Waals surface area contributed by atoms with Gasteiger partial charge >= 0.3 is 0 Å². The zero-order valence-electron chi connectivity index (χ0n) is 16.7. The molecule has 5 nitrogen and oxygen atoms in total. The lowest BCUT2D eigenvalue weighted by atomic mass is 9.87. The molecule has 28 heavy (non-hydrogen) atoms. The second kappa shape index (κ2) is 8.45. The molecule has 148 valence electrons. The van der Waals surface area contributed by atoms with Gasteiger partial charge in [0.25, 0.3) is 0 Å². The minimum atomic E-state index is 0.122. The van der Waals surface area contributed by atoms with Crippen LogP contribution >= 0.6 is 23.4 Å². The number of hydrogen-bond acceptors (Lipinski definition) is 5. The SMILES string of the molecule is COc1ccc(OC)c(-n2nnc(Sc3ccc(C(C)(C)C)cc3)c2CCl)c1. The third kappa shape index (κ3) is 4.28. The average Bonchev–Trinajstić information content (AvgIpc) is 3.09. The maximum Gasteiger partial charge on any atom is 0.148 e. The lowest BCUT2D eigenvalue weighted by Crippen LogP contribution is -2.10. The molecule has 7 heteroatoms. The molecule has 3 aromatic rings. The Bertz CT molecular complexity index is 949. The molecular formula is C21H24ClN3O2S. The van der Waals surface area contributed by atoms with Crippen LogP contribution in [0.3, 0.4) is 0 Å². The number of alkyl halides is 1. The molecule has 0 unspecified atom stereocenters. The quantitative estimate of drug-likeness (QED) is 0.497. The Labute approximate surface area is 175 Å². The standard InChI is InChI=1S/C21H24ClN3O2S/c1-21(2,3)14-6-9-16(10-7-14)28-20-18(13-22)25(24-23-20)17-12-15(26-4)8-11-19(17)27-5/h6-12H,13H2,1-5H3. The van der Waals surface area contributed by atoms with Gasteiger partial charge < -0.3 is 9.47 Å². The fourth-order valence-electron chi connectivity index (χ4n) is 2.77. The van der Waals surface area contributed by atoms with Crippen molar-refractivity contribution in [2.75, 3.05) is 14.2 Å². The predicted molar refractivity (Wildman–Crippen MR) is 113 cm³/mol. The van der Waals surface area contributed by atoms with E-state index in [0.29, 0.717) is 11.5 Å². The van der Waals surface area contributed by atoms with Crippen LogP contribution < -0.4 is 9.47 Å². The molecule has 0 bridgehead atoms. The van der Waals surface area contributed by atoms with Crippen molar-refractivity contribution < 1.29 is 9.47 Å². The first-order chi connectivity index (χ1) is 13.4. The summed E-state index contributed by atoms with van der Waals surface area (Å²) in [6.45, 7) is 6.61. The molecule has 0 aliphatic heterocycles. The molecule has 0 aliphatic rings. The molecule has 2 aromatic carbocycles. The van der Waals surface area contributed by atoms with E-state index < -0.39 is 0 Å². The van der Waals surface area contributed by atoms with Gasteiger partial charge in [-0.05, 0) is 35.2 Å². The van der Waals surface area contributed by atoms with Crippen LogP contribution in [0.15, 0.2) is 52.4 Å². The largest absolute Gasteiger partial charge is 0.497 e. The molecule has 0 N–H and O–H groups in total. The third-order valence-corrected chi connectivity index (χ3v) is 5.67. The summed E-state index contributed by atoms with van der Waals surface area (Å²) in [5.41, 5.74) is 2.95. The molecule has 0 atom stereocenters. The minimum absolute atomic E-state index is 0.122. The molecule has 1 aromatic heterocycles. The molecule has 0 saturated carbocycles. The van der Waals surface area contributed by atoms with Crippen molar-refractivity contribution in [3.05, 3.63) is 53.7 Å². The summed E-state index contributed by atoms with van der Waals surface area (Å²) < 4.78 is 12.5. The van der Waals surface area contributed by atoms with Gasteiger partial charge in [0, 0.05) is 11.0 Å². The first-order valence-corrected chi connectivity index (χ1v) is 10.2. The lowest BCUT2D eigenvalue weighted by Gasteiger charge is -2.18. The van der Waals surface area contributed by atoms with Gasteiger partial charge in [-0.2, -0.15) is 0 Å². The van der Waals surface area contributed by atoms with Gasteiger partial charge in [0.15, 0.2) is 0 Å². The van der Waals surface area contributed by atoms with Gasteiger partial charge in [-0.15, -0.1) is 16.7 Å². The number of benzene rings is 2. The molecule has 0 spiro atoms. The smallest absolute Gasteiger partial charge is 0.148 e. The fourth-order valence-corrected chi connectivity index (χ4v) is 3.94. The first-order valence-electron chi connectivity index (χ1n) is 8.88. The van der Waals surface area contributed by atoms with Crippen LogP contribution in [0.25, 0.3) is 5.69 Å². The van der Waals surface area contributed by atoms with E-state index in [1.807, 2.05) is 18.2 Å². The highest BCUT2D eigenvalue weighted by Gasteiger charge is 2.19. The van der Waals surface area contributed by atoms with E-state index in [1.54, 1.807) is 30.7 Å². The van der Waals surface area contributed by atoms with Crippen molar-refractivity contribution in [1.29, 1.82) is 0 Å². The topological polar surface area (TPSA) is 49.2 Å². The van der Waals surface area contributed by atoms with E-state index in [-0.39, 0.29) is 11.3 Å². The molecule has 3 rings (SSSR count). The number of hydrogen-bond donors (Lipinski definition) is 0. The van der Waals surface area contributed by atoms with Crippen molar-refractivity contribution in [3.63, 3.8) is 0 Å². The number of rotatable bonds is 6. The highest BCUT2D eigenvalue weighted by Crippen LogP contribution is 2.34. The Balaban J connectivity index is 1.95. The summed E-state index contributed by atoms with van der Waals surface area (Å²) in [4.78, 5) is 1.09. The van der Waals surface area contributed by atoms with Crippen LogP contribution in [0.1, 0.15) is 32.0 Å². The molecular weight excluding hydrogens is 394 g/mol. The fraction of sp³-hybridized carbons (Fsp3) is 0.333. The number of methoxy groups -OCH3 is 2. The summed E-state index contributed by atoms with van der Waals surface area (Å²) in [7, 11) is 3.24. The van der Waals surface area contributed by atoms with Crippen molar-refractivity contribution in [2.45, 2.75) is 42.0 Å². The molecule has 0 aliphatic carbocycles. The van der Waals surface area contributed by atoms with Crippen LogP contribution in [0.5, 0.6) is 11.5 Å².